The number of hydrogen-bond donors (Lipinski definition) is 0. The molecule has 0 saturated carbocycles. The summed E-state index contributed by atoms with van der Waals surface area (Å²) in [7, 11) is 1.35. The fourth-order valence-electron chi connectivity index (χ4n) is 1.61. The van der Waals surface area contributed by atoms with Crippen LogP contribution < -0.4 is 4.74 Å². The lowest BCUT2D eigenvalue weighted by Crippen LogP contribution is -2.00. The molecule has 0 saturated heterocycles. The zero-order valence-corrected chi connectivity index (χ0v) is 10.2. The smallest absolute Gasteiger partial charge is 0.363 e. The Morgan fingerprint density at radius 1 is 1.47 bits per heavy atom. The summed E-state index contributed by atoms with van der Waals surface area (Å²) < 4.78 is 9.64. The number of methoxy groups -OCH3 is 1. The van der Waals surface area contributed by atoms with Gasteiger partial charge in [-0.1, -0.05) is 6.07 Å². The number of aliphatic imine (C=N–C) groups is 1. The van der Waals surface area contributed by atoms with Crippen LogP contribution >= 0.6 is 0 Å². The molecule has 98 valence electrons. The summed E-state index contributed by atoms with van der Waals surface area (Å²) in [5.41, 5.74) is 0.402. The van der Waals surface area contributed by atoms with Crippen molar-refractivity contribution in [2.45, 2.75) is 6.92 Å². The second kappa shape index (κ2) is 4.89. The molecule has 0 fully saturated rings. The summed E-state index contributed by atoms with van der Waals surface area (Å²) in [5, 5.41) is 10.9. The minimum Gasteiger partial charge on any atom is -0.490 e. The van der Waals surface area contributed by atoms with E-state index in [0.717, 1.165) is 0 Å². The highest BCUT2D eigenvalue weighted by molar-refractivity contribution is 6.06. The zero-order chi connectivity index (χ0) is 14.0. The number of rotatable bonds is 3. The summed E-state index contributed by atoms with van der Waals surface area (Å²) in [6.07, 6.45) is 1.42. The Balaban J connectivity index is 2.42. The molecule has 1 aromatic carbocycles. The van der Waals surface area contributed by atoms with E-state index in [1.54, 1.807) is 13.0 Å². The van der Waals surface area contributed by atoms with Crippen LogP contribution in [-0.2, 0) is 9.53 Å². The number of esters is 1. The largest absolute Gasteiger partial charge is 0.490 e. The minimum absolute atomic E-state index is 0.108. The summed E-state index contributed by atoms with van der Waals surface area (Å²) >= 11 is 0. The van der Waals surface area contributed by atoms with Crippen LogP contribution in [0.4, 0.5) is 5.69 Å². The molecule has 7 nitrogen and oxygen atoms in total. The first-order chi connectivity index (χ1) is 9.01. The molecule has 7 heteroatoms. The topological polar surface area (TPSA) is 91.0 Å². The van der Waals surface area contributed by atoms with Crippen LogP contribution in [0.25, 0.3) is 6.08 Å². The average Bonchev–Trinajstić information content (AvgIpc) is 2.67. The lowest BCUT2D eigenvalue weighted by atomic mass is 10.1. The zero-order valence-electron chi connectivity index (χ0n) is 10.2. The quantitative estimate of drug-likeness (QED) is 0.359. The number of carbonyl (C=O) groups is 1. The van der Waals surface area contributed by atoms with E-state index in [2.05, 4.69) is 4.99 Å². The molecule has 0 N–H and O–H groups in total. The van der Waals surface area contributed by atoms with Crippen molar-refractivity contribution in [3.8, 4) is 5.75 Å². The van der Waals surface area contributed by atoms with E-state index >= 15 is 0 Å². The van der Waals surface area contributed by atoms with Crippen LogP contribution in [0.1, 0.15) is 12.5 Å². The molecular formula is C12H10N2O5. The Kier molecular flexibility index (Phi) is 3.28. The second-order valence-electron chi connectivity index (χ2n) is 3.74. The third-order valence-corrected chi connectivity index (χ3v) is 2.43. The van der Waals surface area contributed by atoms with Gasteiger partial charge in [0, 0.05) is 13.0 Å². The predicted molar refractivity (Wildman–Crippen MR) is 66.8 cm³/mol. The van der Waals surface area contributed by atoms with E-state index in [4.69, 9.17) is 9.47 Å². The summed E-state index contributed by atoms with van der Waals surface area (Å²) in [6.45, 7) is 1.55. The van der Waals surface area contributed by atoms with E-state index in [-0.39, 0.29) is 23.0 Å². The van der Waals surface area contributed by atoms with Gasteiger partial charge in [-0.05, 0) is 17.7 Å². The Morgan fingerprint density at radius 3 is 2.74 bits per heavy atom. The predicted octanol–water partition coefficient (Wildman–Crippen LogP) is 1.92. The highest BCUT2D eigenvalue weighted by Crippen LogP contribution is 2.28. The molecule has 0 radical (unpaired) electrons. The van der Waals surface area contributed by atoms with Crippen molar-refractivity contribution < 1.29 is 19.2 Å². The van der Waals surface area contributed by atoms with Crippen molar-refractivity contribution >= 4 is 23.6 Å². The molecule has 0 amide bonds. The summed E-state index contributed by atoms with van der Waals surface area (Å²) in [5.74, 6) is -0.170. The molecule has 1 aliphatic rings. The van der Waals surface area contributed by atoms with Crippen LogP contribution in [0.2, 0.25) is 0 Å². The minimum atomic E-state index is -0.573. The fraction of sp³-hybridized carbons (Fsp3) is 0.167. The molecule has 0 aromatic heterocycles. The first kappa shape index (κ1) is 12.7. The van der Waals surface area contributed by atoms with Gasteiger partial charge >= 0.3 is 11.7 Å². The lowest BCUT2D eigenvalue weighted by molar-refractivity contribution is -0.385. The van der Waals surface area contributed by atoms with Crippen LogP contribution in [0, 0.1) is 10.1 Å². The van der Waals surface area contributed by atoms with Gasteiger partial charge in [-0.3, -0.25) is 10.1 Å². The number of cyclic esters (lactones) is 1. The molecule has 0 unspecified atom stereocenters. The van der Waals surface area contributed by atoms with Crippen molar-refractivity contribution in [3.63, 3.8) is 0 Å². The molecule has 0 atom stereocenters. The Bertz CT molecular complexity index is 619. The SMILES string of the molecule is COc1ccc(/C=C2/N=C(C)OC2=O)cc1[N+](=O)[O-]. The van der Waals surface area contributed by atoms with Crippen LogP contribution in [0.3, 0.4) is 0 Å². The van der Waals surface area contributed by atoms with E-state index < -0.39 is 10.9 Å². The number of carbonyl (C=O) groups excluding carboxylic acids is 1. The van der Waals surface area contributed by atoms with Gasteiger partial charge in [0.25, 0.3) is 0 Å². The number of nitrogens with zero attached hydrogens (tertiary/aromatic N) is 2. The third kappa shape index (κ3) is 2.59. The van der Waals surface area contributed by atoms with Gasteiger partial charge in [-0.25, -0.2) is 9.79 Å². The molecule has 1 aromatic rings. The summed E-state index contributed by atoms with van der Waals surface area (Å²) in [6, 6.07) is 4.36. The number of ether oxygens (including phenoxy) is 2. The number of nitro benzene ring substituents is 1. The van der Waals surface area contributed by atoms with Gasteiger partial charge in [0.05, 0.1) is 12.0 Å². The normalized spacial score (nSPS) is 16.2. The average molecular weight is 262 g/mol. The van der Waals surface area contributed by atoms with Crippen LogP contribution in [0.15, 0.2) is 28.9 Å². The first-order valence-electron chi connectivity index (χ1n) is 5.33. The van der Waals surface area contributed by atoms with Gasteiger partial charge in [0.15, 0.2) is 17.3 Å². The van der Waals surface area contributed by atoms with Crippen LogP contribution in [-0.4, -0.2) is 23.9 Å². The molecule has 0 spiro atoms. The Labute approximate surface area is 108 Å². The van der Waals surface area contributed by atoms with Gasteiger partial charge in [-0.15, -0.1) is 0 Å². The number of benzene rings is 1. The van der Waals surface area contributed by atoms with E-state index in [9.17, 15) is 14.9 Å². The van der Waals surface area contributed by atoms with Gasteiger partial charge in [0.1, 0.15) is 0 Å². The molecule has 19 heavy (non-hydrogen) atoms. The highest BCUT2D eigenvalue weighted by Gasteiger charge is 2.20. The molecule has 1 heterocycles. The first-order valence-corrected chi connectivity index (χ1v) is 5.33. The standard InChI is InChI=1S/C12H10N2O5/c1-7-13-9(12(15)19-7)5-8-3-4-11(18-2)10(6-8)14(16)17/h3-6H,1-2H3/b9-5+. The van der Waals surface area contributed by atoms with Gasteiger partial charge in [0.2, 0.25) is 0 Å². The second-order valence-corrected chi connectivity index (χ2v) is 3.74. The van der Waals surface area contributed by atoms with Gasteiger partial charge in [-0.2, -0.15) is 0 Å². The molecule has 0 bridgehead atoms. The van der Waals surface area contributed by atoms with Crippen molar-refractivity contribution in [2.75, 3.05) is 7.11 Å². The molecule has 2 rings (SSSR count). The van der Waals surface area contributed by atoms with E-state index in [1.165, 1.54) is 25.3 Å². The maximum Gasteiger partial charge on any atom is 0.363 e. The Hall–Kier alpha value is -2.70. The van der Waals surface area contributed by atoms with Crippen LogP contribution in [0.5, 0.6) is 5.75 Å². The highest BCUT2D eigenvalue weighted by atomic mass is 16.6. The van der Waals surface area contributed by atoms with Crippen molar-refractivity contribution in [1.82, 2.24) is 0 Å². The fourth-order valence-corrected chi connectivity index (χ4v) is 1.61. The third-order valence-electron chi connectivity index (χ3n) is 2.43. The van der Waals surface area contributed by atoms with Crippen molar-refractivity contribution in [2.24, 2.45) is 4.99 Å². The maximum absolute atomic E-state index is 11.4. The molecule has 1 aliphatic heterocycles. The van der Waals surface area contributed by atoms with Crippen molar-refractivity contribution in [1.29, 1.82) is 0 Å². The number of nitro groups is 1. The molecule has 0 aliphatic carbocycles. The maximum atomic E-state index is 11.4. The van der Waals surface area contributed by atoms with E-state index in [1.807, 2.05) is 0 Å². The monoisotopic (exact) mass is 262 g/mol. The Morgan fingerprint density at radius 2 is 2.21 bits per heavy atom. The van der Waals surface area contributed by atoms with Crippen molar-refractivity contribution in [3.05, 3.63) is 39.6 Å². The van der Waals surface area contributed by atoms with E-state index in [0.29, 0.717) is 5.56 Å². The van der Waals surface area contributed by atoms with Gasteiger partial charge < -0.3 is 9.47 Å². The number of hydrogen-bond acceptors (Lipinski definition) is 6. The lowest BCUT2D eigenvalue weighted by Gasteiger charge is -2.02. The summed E-state index contributed by atoms with van der Waals surface area (Å²) in [4.78, 5) is 25.6. The molecular weight excluding hydrogens is 252 g/mol.